The van der Waals surface area contributed by atoms with Gasteiger partial charge in [0.1, 0.15) is 11.4 Å². The molecular weight excluding hydrogens is 472 g/mol. The largest absolute Gasteiger partial charge is 0.573 e. The third-order valence-corrected chi connectivity index (χ3v) is 5.28. The van der Waals surface area contributed by atoms with Gasteiger partial charge in [0, 0.05) is 25.9 Å². The summed E-state index contributed by atoms with van der Waals surface area (Å²) in [6.07, 6.45) is -1.43. The van der Waals surface area contributed by atoms with Crippen LogP contribution in [-0.4, -0.2) is 42.3 Å². The Morgan fingerprint density at radius 3 is 2.51 bits per heavy atom. The Morgan fingerprint density at radius 1 is 1.20 bits per heavy atom. The highest BCUT2D eigenvalue weighted by Crippen LogP contribution is 2.47. The Morgan fingerprint density at radius 2 is 1.91 bits per heavy atom. The summed E-state index contributed by atoms with van der Waals surface area (Å²) in [7, 11) is 1.48. The normalized spacial score (nSPS) is 16.6. The first-order valence-corrected chi connectivity index (χ1v) is 10.1. The summed E-state index contributed by atoms with van der Waals surface area (Å²) in [5.74, 6) is -2.02. The molecule has 3 heterocycles. The van der Waals surface area contributed by atoms with Crippen LogP contribution in [0.3, 0.4) is 0 Å². The Kier molecular flexibility index (Phi) is 7.52. The van der Waals surface area contributed by atoms with E-state index in [-0.39, 0.29) is 24.6 Å². The topological polar surface area (TPSA) is 116 Å². The molecule has 35 heavy (non-hydrogen) atoms. The molecule has 0 saturated heterocycles. The highest BCUT2D eigenvalue weighted by atomic mass is 19.4. The monoisotopic (exact) mass is 492 g/mol. The van der Waals surface area contributed by atoms with Crippen LogP contribution >= 0.6 is 0 Å². The van der Waals surface area contributed by atoms with Crippen molar-refractivity contribution in [1.82, 2.24) is 15.3 Å². The number of aromatic nitrogens is 2. The number of carbonyl (C=O) groups is 2. The average Bonchev–Trinajstić information content (AvgIpc) is 2.84. The minimum atomic E-state index is -5.02. The molecule has 1 aliphatic heterocycles. The van der Waals surface area contributed by atoms with Crippen molar-refractivity contribution in [2.45, 2.75) is 18.2 Å². The lowest BCUT2D eigenvalue weighted by atomic mass is 9.69. The number of carbonyl (C=O) groups excluding carboxylic acids is 2. The summed E-state index contributed by atoms with van der Waals surface area (Å²) < 4.78 is 61.9. The third kappa shape index (κ3) is 5.31. The first-order valence-electron chi connectivity index (χ1n) is 10.1. The predicted molar refractivity (Wildman–Crippen MR) is 115 cm³/mol. The van der Waals surface area contributed by atoms with E-state index in [0.717, 1.165) is 12.1 Å². The van der Waals surface area contributed by atoms with Gasteiger partial charge in [-0.15, -0.1) is 13.2 Å². The Balaban J connectivity index is 0.00000108. The van der Waals surface area contributed by atoms with Crippen LogP contribution in [0.2, 0.25) is 0 Å². The molecule has 0 fully saturated rings. The lowest BCUT2D eigenvalue weighted by molar-refractivity contribution is -0.275. The van der Waals surface area contributed by atoms with Gasteiger partial charge in [-0.1, -0.05) is 12.1 Å². The summed E-state index contributed by atoms with van der Waals surface area (Å²) in [5, 5.41) is 2.48. The maximum absolute atomic E-state index is 14.7. The second kappa shape index (κ2) is 10.4. The van der Waals surface area contributed by atoms with Crippen LogP contribution in [0.1, 0.15) is 33.7 Å². The van der Waals surface area contributed by atoms with Crippen LogP contribution in [0.15, 0.2) is 54.9 Å². The SMILES string of the molecule is CNC(=O)c1ccc(C2(c3ccc(OC(F)(F)F)c(F)c3)CCOc3cccnc32)cn1.NC=O. The van der Waals surface area contributed by atoms with Crippen LogP contribution in [0.25, 0.3) is 0 Å². The predicted octanol–water partition coefficient (Wildman–Crippen LogP) is 3.09. The number of primary amides is 1. The molecule has 184 valence electrons. The first-order chi connectivity index (χ1) is 16.7. The van der Waals surface area contributed by atoms with Crippen LogP contribution in [-0.2, 0) is 10.2 Å². The highest BCUT2D eigenvalue weighted by molar-refractivity contribution is 5.92. The van der Waals surface area contributed by atoms with Crippen molar-refractivity contribution in [3.05, 3.63) is 83.2 Å². The summed E-state index contributed by atoms with van der Waals surface area (Å²) in [4.78, 5) is 29.1. The van der Waals surface area contributed by atoms with E-state index in [1.165, 1.54) is 25.4 Å². The Hall–Kier alpha value is -4.22. The number of fused-ring (bicyclic) bond motifs is 1. The van der Waals surface area contributed by atoms with Crippen molar-refractivity contribution in [3.63, 3.8) is 0 Å². The summed E-state index contributed by atoms with van der Waals surface area (Å²) in [6, 6.07) is 9.87. The van der Waals surface area contributed by atoms with Gasteiger partial charge in [-0.3, -0.25) is 19.6 Å². The lowest BCUT2D eigenvalue weighted by Gasteiger charge is -2.38. The van der Waals surface area contributed by atoms with Gasteiger partial charge in [-0.05, 0) is 41.5 Å². The summed E-state index contributed by atoms with van der Waals surface area (Å²) in [5.41, 5.74) is 4.67. The average molecular weight is 492 g/mol. The minimum absolute atomic E-state index is 0.180. The molecule has 1 unspecified atom stereocenters. The standard InChI is InChI=1S/C22H17F4N3O3.CH3NO/c1-27-20(30)16-6-4-14(12-29-16)21(8-10-31-18-3-2-9-28-19(18)21)13-5-7-17(15(23)11-13)32-22(24,25)26;2-1-3/h2-7,9,11-12H,8,10H2,1H3,(H,27,30);1H,(H2,2,3). The number of nitrogens with zero attached hydrogens (tertiary/aromatic N) is 2. The molecule has 8 nitrogen and oxygen atoms in total. The summed E-state index contributed by atoms with van der Waals surface area (Å²) >= 11 is 0. The van der Waals surface area contributed by atoms with E-state index < -0.39 is 23.3 Å². The van der Waals surface area contributed by atoms with Gasteiger partial charge in [0.15, 0.2) is 11.6 Å². The number of nitrogens with one attached hydrogen (secondary N) is 1. The van der Waals surface area contributed by atoms with Crippen molar-refractivity contribution in [3.8, 4) is 11.5 Å². The first kappa shape index (κ1) is 25.4. The zero-order valence-electron chi connectivity index (χ0n) is 18.3. The lowest BCUT2D eigenvalue weighted by Crippen LogP contribution is -2.37. The fraction of sp³-hybridized carbons (Fsp3) is 0.217. The smallest absolute Gasteiger partial charge is 0.492 e. The van der Waals surface area contributed by atoms with E-state index >= 15 is 0 Å². The minimum Gasteiger partial charge on any atom is -0.492 e. The van der Waals surface area contributed by atoms with Crippen molar-refractivity contribution < 1.29 is 36.6 Å². The van der Waals surface area contributed by atoms with Crippen molar-refractivity contribution in [2.75, 3.05) is 13.7 Å². The van der Waals surface area contributed by atoms with Gasteiger partial charge in [-0.25, -0.2) is 4.39 Å². The van der Waals surface area contributed by atoms with Crippen LogP contribution < -0.4 is 20.5 Å². The Bertz CT molecular complexity index is 1200. The molecular formula is C23H20F4N4O4. The zero-order valence-corrected chi connectivity index (χ0v) is 18.3. The number of hydrogen-bond acceptors (Lipinski definition) is 6. The van der Waals surface area contributed by atoms with Gasteiger partial charge < -0.3 is 20.5 Å². The molecule has 0 bridgehead atoms. The molecule has 4 rings (SSSR count). The van der Waals surface area contributed by atoms with E-state index in [2.05, 4.69) is 25.8 Å². The number of nitrogens with two attached hydrogens (primary N) is 1. The van der Waals surface area contributed by atoms with Gasteiger partial charge in [0.2, 0.25) is 6.41 Å². The zero-order chi connectivity index (χ0) is 25.6. The van der Waals surface area contributed by atoms with Gasteiger partial charge in [-0.2, -0.15) is 0 Å². The molecule has 1 aromatic carbocycles. The van der Waals surface area contributed by atoms with Gasteiger partial charge in [0.25, 0.3) is 5.91 Å². The van der Waals surface area contributed by atoms with E-state index in [1.54, 1.807) is 24.4 Å². The number of amides is 2. The van der Waals surface area contributed by atoms with E-state index in [1.807, 2.05) is 0 Å². The molecule has 12 heteroatoms. The number of halogens is 4. The van der Waals surface area contributed by atoms with E-state index in [0.29, 0.717) is 29.0 Å². The highest BCUT2D eigenvalue weighted by Gasteiger charge is 2.43. The molecule has 0 aliphatic carbocycles. The molecule has 0 radical (unpaired) electrons. The molecule has 0 saturated carbocycles. The van der Waals surface area contributed by atoms with Crippen molar-refractivity contribution in [1.29, 1.82) is 0 Å². The number of pyridine rings is 2. The quantitative estimate of drug-likeness (QED) is 0.427. The van der Waals surface area contributed by atoms with Crippen LogP contribution in [0.4, 0.5) is 17.6 Å². The number of rotatable bonds is 4. The Labute approximate surface area is 197 Å². The number of ether oxygens (including phenoxy) is 2. The van der Waals surface area contributed by atoms with Gasteiger partial charge >= 0.3 is 6.36 Å². The molecule has 1 atom stereocenters. The summed E-state index contributed by atoms with van der Waals surface area (Å²) in [6.45, 7) is 0.248. The molecule has 0 spiro atoms. The van der Waals surface area contributed by atoms with Crippen LogP contribution in [0.5, 0.6) is 11.5 Å². The maximum Gasteiger partial charge on any atom is 0.573 e. The molecule has 2 amide bonds. The van der Waals surface area contributed by atoms with Crippen molar-refractivity contribution >= 4 is 12.3 Å². The second-order valence-corrected chi connectivity index (χ2v) is 7.19. The molecule has 3 aromatic rings. The fourth-order valence-corrected chi connectivity index (χ4v) is 3.87. The van der Waals surface area contributed by atoms with Crippen LogP contribution in [0, 0.1) is 5.82 Å². The molecule has 3 N–H and O–H groups in total. The van der Waals surface area contributed by atoms with E-state index in [4.69, 9.17) is 9.53 Å². The van der Waals surface area contributed by atoms with Gasteiger partial charge in [0.05, 0.1) is 17.7 Å². The number of hydrogen-bond donors (Lipinski definition) is 2. The fourth-order valence-electron chi connectivity index (χ4n) is 3.87. The second-order valence-electron chi connectivity index (χ2n) is 7.19. The number of alkyl halides is 3. The molecule has 1 aliphatic rings. The van der Waals surface area contributed by atoms with E-state index in [9.17, 15) is 22.4 Å². The molecule has 2 aromatic heterocycles. The number of benzene rings is 1. The maximum atomic E-state index is 14.7. The third-order valence-electron chi connectivity index (χ3n) is 5.28. The van der Waals surface area contributed by atoms with Crippen molar-refractivity contribution in [2.24, 2.45) is 5.73 Å².